The maximum atomic E-state index is 12.4. The highest BCUT2D eigenvalue weighted by atomic mass is 32.2. The SMILES string of the molecule is CCOC(=O)C1CCCN1C(=O)C(C)(C)S(C)(=O)=O. The zero-order valence-corrected chi connectivity index (χ0v) is 12.6. The van der Waals surface area contributed by atoms with Crippen LogP contribution in [0.2, 0.25) is 0 Å². The molecule has 1 aliphatic rings. The molecule has 1 amide bonds. The molecular weight excluding hydrogens is 270 g/mol. The molecule has 0 aliphatic carbocycles. The lowest BCUT2D eigenvalue weighted by atomic mass is 10.1. The third kappa shape index (κ3) is 3.08. The van der Waals surface area contributed by atoms with E-state index < -0.39 is 32.5 Å². The lowest BCUT2D eigenvalue weighted by Crippen LogP contribution is -2.53. The fourth-order valence-electron chi connectivity index (χ4n) is 2.00. The minimum Gasteiger partial charge on any atom is -0.464 e. The van der Waals surface area contributed by atoms with Crippen LogP contribution in [-0.4, -0.2) is 55.4 Å². The number of carbonyl (C=O) groups is 2. The summed E-state index contributed by atoms with van der Waals surface area (Å²) in [7, 11) is -3.54. The van der Waals surface area contributed by atoms with Gasteiger partial charge in [0.05, 0.1) is 6.61 Å². The summed E-state index contributed by atoms with van der Waals surface area (Å²) >= 11 is 0. The molecule has 0 spiro atoms. The Hall–Kier alpha value is -1.11. The summed E-state index contributed by atoms with van der Waals surface area (Å²) in [5.41, 5.74) is 0. The monoisotopic (exact) mass is 291 g/mol. The molecule has 1 unspecified atom stereocenters. The maximum Gasteiger partial charge on any atom is 0.328 e. The Bertz CT molecular complexity index is 469. The maximum absolute atomic E-state index is 12.4. The van der Waals surface area contributed by atoms with E-state index in [0.717, 1.165) is 6.26 Å². The van der Waals surface area contributed by atoms with Crippen LogP contribution in [0.25, 0.3) is 0 Å². The summed E-state index contributed by atoms with van der Waals surface area (Å²) in [5.74, 6) is -0.997. The standard InChI is InChI=1S/C12H21NO5S/c1-5-18-10(14)9-7-6-8-13(9)11(15)12(2,3)19(4,16)17/h9H,5-8H2,1-4H3. The Balaban J connectivity index is 2.96. The van der Waals surface area contributed by atoms with E-state index in [1.54, 1.807) is 6.92 Å². The van der Waals surface area contributed by atoms with Crippen molar-refractivity contribution in [1.82, 2.24) is 4.90 Å². The molecule has 1 atom stereocenters. The summed E-state index contributed by atoms with van der Waals surface area (Å²) in [6.45, 7) is 5.06. The van der Waals surface area contributed by atoms with Gasteiger partial charge in [-0.1, -0.05) is 0 Å². The van der Waals surface area contributed by atoms with Crippen LogP contribution in [0.4, 0.5) is 0 Å². The first-order valence-electron chi connectivity index (χ1n) is 6.30. The molecule has 19 heavy (non-hydrogen) atoms. The number of ether oxygens (including phenoxy) is 1. The van der Waals surface area contributed by atoms with Crippen molar-refractivity contribution in [3.8, 4) is 0 Å². The summed E-state index contributed by atoms with van der Waals surface area (Å²) < 4.78 is 26.8. The van der Waals surface area contributed by atoms with Crippen molar-refractivity contribution in [2.24, 2.45) is 0 Å². The molecule has 0 radical (unpaired) electrons. The number of hydrogen-bond donors (Lipinski definition) is 0. The van der Waals surface area contributed by atoms with Gasteiger partial charge in [-0.05, 0) is 33.6 Å². The third-order valence-electron chi connectivity index (χ3n) is 3.51. The molecule has 0 saturated carbocycles. The van der Waals surface area contributed by atoms with Gasteiger partial charge in [-0.15, -0.1) is 0 Å². The first-order chi connectivity index (χ1) is 8.63. The minimum atomic E-state index is -3.54. The van der Waals surface area contributed by atoms with Gasteiger partial charge in [-0.25, -0.2) is 13.2 Å². The topological polar surface area (TPSA) is 80.8 Å². The second-order valence-electron chi connectivity index (χ2n) is 5.19. The van der Waals surface area contributed by atoms with Gasteiger partial charge in [0.1, 0.15) is 10.8 Å². The van der Waals surface area contributed by atoms with Gasteiger partial charge < -0.3 is 9.64 Å². The zero-order chi connectivity index (χ0) is 14.8. The number of esters is 1. The van der Waals surface area contributed by atoms with Crippen molar-refractivity contribution < 1.29 is 22.7 Å². The lowest BCUT2D eigenvalue weighted by molar-refractivity contribution is -0.153. The van der Waals surface area contributed by atoms with Gasteiger partial charge in [0.25, 0.3) is 0 Å². The molecule has 0 bridgehead atoms. The van der Waals surface area contributed by atoms with Crippen molar-refractivity contribution in [2.75, 3.05) is 19.4 Å². The van der Waals surface area contributed by atoms with E-state index in [-0.39, 0.29) is 6.61 Å². The van der Waals surface area contributed by atoms with Crippen LogP contribution in [0.5, 0.6) is 0 Å². The van der Waals surface area contributed by atoms with Gasteiger partial charge in [-0.3, -0.25) is 4.79 Å². The third-order valence-corrected chi connectivity index (χ3v) is 5.54. The molecule has 1 saturated heterocycles. The van der Waals surface area contributed by atoms with E-state index in [9.17, 15) is 18.0 Å². The Morgan fingerprint density at radius 2 is 1.95 bits per heavy atom. The molecular formula is C12H21NO5S. The predicted molar refractivity (Wildman–Crippen MR) is 70.3 cm³/mol. The van der Waals surface area contributed by atoms with Crippen LogP contribution in [-0.2, 0) is 24.2 Å². The fraction of sp³-hybridized carbons (Fsp3) is 0.833. The fourth-order valence-corrected chi connectivity index (χ4v) is 2.43. The van der Waals surface area contributed by atoms with Gasteiger partial charge in [-0.2, -0.15) is 0 Å². The minimum absolute atomic E-state index is 0.243. The summed E-state index contributed by atoms with van der Waals surface area (Å²) in [4.78, 5) is 25.5. The smallest absolute Gasteiger partial charge is 0.328 e. The van der Waals surface area contributed by atoms with Crippen LogP contribution < -0.4 is 0 Å². The average Bonchev–Trinajstić information content (AvgIpc) is 2.75. The number of amides is 1. The number of nitrogens with zero attached hydrogens (tertiary/aromatic N) is 1. The van der Waals surface area contributed by atoms with E-state index in [0.29, 0.717) is 19.4 Å². The summed E-state index contributed by atoms with van der Waals surface area (Å²) in [6.07, 6.45) is 2.22. The second kappa shape index (κ2) is 5.48. The van der Waals surface area contributed by atoms with Crippen molar-refractivity contribution in [3.05, 3.63) is 0 Å². The molecule has 110 valence electrons. The predicted octanol–water partition coefficient (Wildman–Crippen LogP) is 0.364. The van der Waals surface area contributed by atoms with Crippen LogP contribution >= 0.6 is 0 Å². The largest absolute Gasteiger partial charge is 0.464 e. The van der Waals surface area contributed by atoms with Gasteiger partial charge in [0.2, 0.25) is 5.91 Å². The molecule has 1 rings (SSSR count). The van der Waals surface area contributed by atoms with E-state index in [2.05, 4.69) is 0 Å². The summed E-state index contributed by atoms with van der Waals surface area (Å²) in [5, 5.41) is 0. The van der Waals surface area contributed by atoms with E-state index in [1.807, 2.05) is 0 Å². The quantitative estimate of drug-likeness (QED) is 0.699. The number of sulfone groups is 1. The first kappa shape index (κ1) is 15.9. The Labute approximate surface area is 114 Å². The number of carbonyl (C=O) groups excluding carboxylic acids is 2. The number of hydrogen-bond acceptors (Lipinski definition) is 5. The highest BCUT2D eigenvalue weighted by Gasteiger charge is 2.46. The summed E-state index contributed by atoms with van der Waals surface area (Å²) in [6, 6.07) is -0.659. The molecule has 1 fully saturated rings. The molecule has 7 heteroatoms. The van der Waals surface area contributed by atoms with Crippen molar-refractivity contribution in [1.29, 1.82) is 0 Å². The molecule has 1 heterocycles. The molecule has 1 aliphatic heterocycles. The molecule has 0 aromatic rings. The van der Waals surface area contributed by atoms with Gasteiger partial charge in [0.15, 0.2) is 9.84 Å². The Kier molecular flexibility index (Phi) is 4.60. The molecule has 0 N–H and O–H groups in total. The van der Waals surface area contributed by atoms with Crippen LogP contribution in [0, 0.1) is 0 Å². The Morgan fingerprint density at radius 3 is 2.42 bits per heavy atom. The first-order valence-corrected chi connectivity index (χ1v) is 8.19. The van der Waals surface area contributed by atoms with Crippen molar-refractivity contribution >= 4 is 21.7 Å². The average molecular weight is 291 g/mol. The van der Waals surface area contributed by atoms with Crippen LogP contribution in [0.1, 0.15) is 33.6 Å². The highest BCUT2D eigenvalue weighted by molar-refractivity contribution is 7.92. The Morgan fingerprint density at radius 1 is 1.37 bits per heavy atom. The van der Waals surface area contributed by atoms with E-state index in [1.165, 1.54) is 18.7 Å². The lowest BCUT2D eigenvalue weighted by Gasteiger charge is -2.30. The molecule has 0 aromatic heterocycles. The van der Waals surface area contributed by atoms with Crippen LogP contribution in [0.15, 0.2) is 0 Å². The second-order valence-corrected chi connectivity index (χ2v) is 7.76. The van der Waals surface area contributed by atoms with E-state index >= 15 is 0 Å². The van der Waals surface area contributed by atoms with Crippen molar-refractivity contribution in [2.45, 2.75) is 44.4 Å². The highest BCUT2D eigenvalue weighted by Crippen LogP contribution is 2.26. The van der Waals surface area contributed by atoms with E-state index in [4.69, 9.17) is 4.74 Å². The van der Waals surface area contributed by atoms with Gasteiger partial charge >= 0.3 is 5.97 Å². The molecule has 6 nitrogen and oxygen atoms in total. The normalized spacial score (nSPS) is 20.4. The zero-order valence-electron chi connectivity index (χ0n) is 11.8. The van der Waals surface area contributed by atoms with Gasteiger partial charge in [0, 0.05) is 12.8 Å². The number of rotatable bonds is 4. The van der Waals surface area contributed by atoms with Crippen molar-refractivity contribution in [3.63, 3.8) is 0 Å². The van der Waals surface area contributed by atoms with Crippen LogP contribution in [0.3, 0.4) is 0 Å². The molecule has 0 aromatic carbocycles. The number of likely N-dealkylation sites (tertiary alicyclic amines) is 1.